The van der Waals surface area contributed by atoms with Crippen molar-refractivity contribution in [1.82, 2.24) is 14.9 Å². The van der Waals surface area contributed by atoms with Crippen LogP contribution in [0.25, 0.3) is 0 Å². The molecule has 0 bridgehead atoms. The van der Waals surface area contributed by atoms with Crippen LogP contribution in [0.3, 0.4) is 0 Å². The average Bonchev–Trinajstić information content (AvgIpc) is 2.61. The summed E-state index contributed by atoms with van der Waals surface area (Å²) in [6.07, 6.45) is 0.975. The third-order valence-corrected chi connectivity index (χ3v) is 5.63. The molecule has 1 aromatic heterocycles. The molecule has 0 fully saturated rings. The van der Waals surface area contributed by atoms with Crippen LogP contribution in [0.15, 0.2) is 29.3 Å². The number of aromatic nitrogens is 2. The zero-order valence-corrected chi connectivity index (χ0v) is 18.9. The number of hydrogen-bond acceptors (Lipinski definition) is 6. The van der Waals surface area contributed by atoms with Crippen molar-refractivity contribution in [2.24, 2.45) is 0 Å². The Kier molecular flexibility index (Phi) is 7.38. The molecule has 9 nitrogen and oxygen atoms in total. The zero-order valence-electron chi connectivity index (χ0n) is 17.3. The number of benzene rings is 1. The fraction of sp³-hybridized carbons (Fsp3) is 0.368. The summed E-state index contributed by atoms with van der Waals surface area (Å²) in [6, 6.07) is 3.66. The number of amides is 3. The van der Waals surface area contributed by atoms with Crippen molar-refractivity contribution in [3.63, 3.8) is 0 Å². The highest BCUT2D eigenvalue weighted by atomic mass is 35.5. The van der Waals surface area contributed by atoms with Crippen molar-refractivity contribution in [1.29, 1.82) is 0 Å². The van der Waals surface area contributed by atoms with Gasteiger partial charge in [0.1, 0.15) is 4.90 Å². The van der Waals surface area contributed by atoms with E-state index in [1.54, 1.807) is 12.1 Å². The highest BCUT2D eigenvalue weighted by molar-refractivity contribution is 7.90. The van der Waals surface area contributed by atoms with Gasteiger partial charge in [-0.1, -0.05) is 39.3 Å². The van der Waals surface area contributed by atoms with E-state index >= 15 is 0 Å². The van der Waals surface area contributed by atoms with E-state index in [1.807, 2.05) is 32.4 Å². The van der Waals surface area contributed by atoms with Gasteiger partial charge in [-0.15, -0.1) is 5.10 Å². The van der Waals surface area contributed by atoms with Gasteiger partial charge in [-0.2, -0.15) is 5.10 Å². The molecule has 0 saturated heterocycles. The van der Waals surface area contributed by atoms with E-state index in [9.17, 15) is 18.0 Å². The van der Waals surface area contributed by atoms with Crippen LogP contribution in [0.4, 0.5) is 16.3 Å². The maximum atomic E-state index is 12.6. The molecule has 0 radical (unpaired) electrons. The molecule has 162 valence electrons. The molecule has 0 aliphatic heterocycles. The van der Waals surface area contributed by atoms with E-state index in [0.717, 1.165) is 23.4 Å². The Balaban J connectivity index is 2.32. The first-order valence-electron chi connectivity index (χ1n) is 9.18. The van der Waals surface area contributed by atoms with Crippen LogP contribution < -0.4 is 15.4 Å². The zero-order chi connectivity index (χ0) is 22.6. The van der Waals surface area contributed by atoms with Gasteiger partial charge in [0, 0.05) is 23.7 Å². The number of nitrogens with one attached hydrogen (secondary N) is 3. The Hall–Kier alpha value is -2.72. The molecular weight excluding hydrogens is 430 g/mol. The molecule has 30 heavy (non-hydrogen) atoms. The third kappa shape index (κ3) is 5.90. The number of halogens is 1. The van der Waals surface area contributed by atoms with Crippen LogP contribution in [0.1, 0.15) is 57.6 Å². The van der Waals surface area contributed by atoms with Crippen LogP contribution >= 0.6 is 11.6 Å². The Labute approximate surface area is 180 Å². The second-order valence-electron chi connectivity index (χ2n) is 7.29. The van der Waals surface area contributed by atoms with Crippen molar-refractivity contribution >= 4 is 45.1 Å². The summed E-state index contributed by atoms with van der Waals surface area (Å²) in [5.74, 6) is -0.405. The average molecular weight is 454 g/mol. The summed E-state index contributed by atoms with van der Waals surface area (Å²) < 4.78 is 27.1. The SMILES string of the molecule is CC(=O)Nc1cc(S(=O)(=O)NC(=O)Nc2c(C(C)C)cc(Cl)cc2C(C)C)cnn1. The molecule has 1 aromatic carbocycles. The molecule has 2 rings (SSSR count). The molecule has 1 heterocycles. The van der Waals surface area contributed by atoms with Crippen LogP contribution in [-0.4, -0.2) is 30.6 Å². The molecule has 0 saturated carbocycles. The van der Waals surface area contributed by atoms with E-state index in [2.05, 4.69) is 20.8 Å². The van der Waals surface area contributed by atoms with Crippen LogP contribution in [0.5, 0.6) is 0 Å². The van der Waals surface area contributed by atoms with Crippen LogP contribution in [0, 0.1) is 0 Å². The largest absolute Gasteiger partial charge is 0.333 e. The minimum absolute atomic E-state index is 0.0396. The minimum atomic E-state index is -4.25. The molecule has 11 heteroatoms. The second kappa shape index (κ2) is 9.40. The fourth-order valence-corrected chi connectivity index (χ4v) is 3.86. The summed E-state index contributed by atoms with van der Waals surface area (Å²) in [5.41, 5.74) is 2.10. The second-order valence-corrected chi connectivity index (χ2v) is 9.40. The topological polar surface area (TPSA) is 130 Å². The molecule has 0 aliphatic carbocycles. The number of carbonyl (C=O) groups is 2. The van der Waals surface area contributed by atoms with Crippen molar-refractivity contribution in [3.8, 4) is 0 Å². The Morgan fingerprint density at radius 3 is 2.07 bits per heavy atom. The van der Waals surface area contributed by atoms with Gasteiger partial charge in [0.2, 0.25) is 5.91 Å². The van der Waals surface area contributed by atoms with E-state index in [0.29, 0.717) is 10.7 Å². The van der Waals surface area contributed by atoms with E-state index < -0.39 is 22.0 Å². The first-order valence-corrected chi connectivity index (χ1v) is 11.0. The summed E-state index contributed by atoms with van der Waals surface area (Å²) in [4.78, 5) is 23.4. The molecule has 0 spiro atoms. The lowest BCUT2D eigenvalue weighted by Crippen LogP contribution is -2.35. The van der Waals surface area contributed by atoms with Gasteiger partial charge in [-0.05, 0) is 35.1 Å². The van der Waals surface area contributed by atoms with Crippen molar-refractivity contribution in [2.45, 2.75) is 51.3 Å². The lowest BCUT2D eigenvalue weighted by molar-refractivity contribution is -0.114. The van der Waals surface area contributed by atoms with Crippen molar-refractivity contribution in [2.75, 3.05) is 10.6 Å². The predicted molar refractivity (Wildman–Crippen MR) is 115 cm³/mol. The number of urea groups is 1. The Morgan fingerprint density at radius 2 is 1.57 bits per heavy atom. The molecule has 3 N–H and O–H groups in total. The van der Waals surface area contributed by atoms with Crippen molar-refractivity contribution in [3.05, 3.63) is 40.5 Å². The maximum absolute atomic E-state index is 12.6. The minimum Gasteiger partial charge on any atom is -0.309 e. The number of rotatable bonds is 6. The number of carbonyl (C=O) groups excluding carboxylic acids is 2. The normalized spacial score (nSPS) is 11.5. The number of sulfonamides is 1. The lowest BCUT2D eigenvalue weighted by atomic mass is 9.92. The summed E-state index contributed by atoms with van der Waals surface area (Å²) in [5, 5.41) is 12.7. The summed E-state index contributed by atoms with van der Waals surface area (Å²) >= 11 is 6.22. The lowest BCUT2D eigenvalue weighted by Gasteiger charge is -2.21. The van der Waals surface area contributed by atoms with Gasteiger partial charge in [0.25, 0.3) is 10.0 Å². The first kappa shape index (κ1) is 23.6. The molecule has 0 unspecified atom stereocenters. The first-order chi connectivity index (χ1) is 13.9. The monoisotopic (exact) mass is 453 g/mol. The fourth-order valence-electron chi connectivity index (χ4n) is 2.76. The Bertz CT molecular complexity index is 1040. The molecule has 0 atom stereocenters. The quantitative estimate of drug-likeness (QED) is 0.609. The Morgan fingerprint density at radius 1 is 1.00 bits per heavy atom. The third-order valence-electron chi connectivity index (χ3n) is 4.12. The van der Waals surface area contributed by atoms with E-state index in [-0.39, 0.29) is 22.5 Å². The van der Waals surface area contributed by atoms with Gasteiger partial charge in [0.05, 0.1) is 6.20 Å². The van der Waals surface area contributed by atoms with Crippen LogP contribution in [-0.2, 0) is 14.8 Å². The maximum Gasteiger partial charge on any atom is 0.333 e. The standard InChI is InChI=1S/C19H24ClN5O4S/c1-10(2)15-6-13(20)7-16(11(3)4)18(15)23-19(27)25-30(28,29)14-8-17(22-12(5)26)24-21-9-14/h6-11H,1-5H3,(H,22,24,26)(H2,23,25,27). The molecule has 0 aliphatic rings. The summed E-state index contributed by atoms with van der Waals surface area (Å²) in [6.45, 7) is 9.03. The van der Waals surface area contributed by atoms with Gasteiger partial charge in [0.15, 0.2) is 5.82 Å². The number of nitrogens with zero attached hydrogens (tertiary/aromatic N) is 2. The smallest absolute Gasteiger partial charge is 0.309 e. The van der Waals surface area contributed by atoms with Gasteiger partial charge < -0.3 is 10.6 Å². The number of hydrogen-bond donors (Lipinski definition) is 3. The van der Waals surface area contributed by atoms with Gasteiger partial charge in [-0.3, -0.25) is 4.79 Å². The highest BCUT2D eigenvalue weighted by Gasteiger charge is 2.22. The predicted octanol–water partition coefficient (Wildman–Crippen LogP) is 3.85. The number of anilines is 2. The van der Waals surface area contributed by atoms with Crippen LogP contribution in [0.2, 0.25) is 5.02 Å². The highest BCUT2D eigenvalue weighted by Crippen LogP contribution is 2.35. The van der Waals surface area contributed by atoms with E-state index in [4.69, 9.17) is 11.6 Å². The molecule has 2 aromatic rings. The molecule has 3 amide bonds. The van der Waals surface area contributed by atoms with Crippen molar-refractivity contribution < 1.29 is 18.0 Å². The molecular formula is C19H24ClN5O4S. The van der Waals surface area contributed by atoms with Gasteiger partial charge in [-0.25, -0.2) is 17.9 Å². The van der Waals surface area contributed by atoms with E-state index in [1.165, 1.54) is 6.92 Å². The summed E-state index contributed by atoms with van der Waals surface area (Å²) in [7, 11) is -4.25. The van der Waals surface area contributed by atoms with Gasteiger partial charge >= 0.3 is 6.03 Å².